The van der Waals surface area contributed by atoms with Crippen LogP contribution in [0.25, 0.3) is 0 Å². The zero-order valence-corrected chi connectivity index (χ0v) is 12.1. The van der Waals surface area contributed by atoms with Crippen LogP contribution in [0.4, 0.5) is 0 Å². The molecule has 0 aliphatic heterocycles. The molecule has 0 bridgehead atoms. The van der Waals surface area contributed by atoms with Gasteiger partial charge in [0.25, 0.3) is 0 Å². The molecule has 0 fully saturated rings. The van der Waals surface area contributed by atoms with Crippen molar-refractivity contribution in [1.29, 1.82) is 0 Å². The van der Waals surface area contributed by atoms with Gasteiger partial charge in [-0.15, -0.1) is 0 Å². The summed E-state index contributed by atoms with van der Waals surface area (Å²) in [6.07, 6.45) is 1.74. The van der Waals surface area contributed by atoms with Crippen molar-refractivity contribution in [1.82, 2.24) is 5.32 Å². The molecule has 5 nitrogen and oxygen atoms in total. The van der Waals surface area contributed by atoms with Crippen LogP contribution in [-0.4, -0.2) is 44.0 Å². The first-order chi connectivity index (χ1) is 9.67. The third-order valence-corrected chi connectivity index (χ3v) is 2.87. The average Bonchev–Trinajstić information content (AvgIpc) is 2.46. The summed E-state index contributed by atoms with van der Waals surface area (Å²) in [7, 11) is 1.67. The van der Waals surface area contributed by atoms with Crippen molar-refractivity contribution >= 4 is 5.97 Å². The van der Waals surface area contributed by atoms with E-state index in [1.54, 1.807) is 7.11 Å². The predicted octanol–water partition coefficient (Wildman–Crippen LogP) is 1.71. The monoisotopic (exact) mass is 281 g/mol. The fraction of sp³-hybridized carbons (Fsp3) is 0.533. The molecule has 0 aliphatic rings. The lowest BCUT2D eigenvalue weighted by atomic mass is 10.1. The number of nitrogens with one attached hydrogen (secondary N) is 1. The van der Waals surface area contributed by atoms with Gasteiger partial charge in [0.15, 0.2) is 0 Å². The zero-order chi connectivity index (χ0) is 14.8. The lowest BCUT2D eigenvalue weighted by Gasteiger charge is -2.15. The molecule has 1 atom stereocenters. The topological polar surface area (TPSA) is 67.8 Å². The van der Waals surface area contributed by atoms with E-state index in [9.17, 15) is 4.79 Å². The van der Waals surface area contributed by atoms with Gasteiger partial charge in [-0.05, 0) is 37.1 Å². The van der Waals surface area contributed by atoms with Crippen LogP contribution in [0, 0.1) is 0 Å². The molecular formula is C15H23NO4. The molecule has 1 unspecified atom stereocenters. The van der Waals surface area contributed by atoms with E-state index in [-0.39, 0.29) is 6.61 Å². The van der Waals surface area contributed by atoms with Crippen LogP contribution in [0.1, 0.15) is 18.9 Å². The summed E-state index contributed by atoms with van der Waals surface area (Å²) in [5.41, 5.74) is 1.16. The number of hydrogen-bond donors (Lipinski definition) is 2. The maximum atomic E-state index is 11.0. The van der Waals surface area contributed by atoms with Gasteiger partial charge in [0.05, 0.1) is 6.61 Å². The van der Waals surface area contributed by atoms with Crippen molar-refractivity contribution in [2.24, 2.45) is 0 Å². The molecular weight excluding hydrogens is 258 g/mol. The van der Waals surface area contributed by atoms with E-state index >= 15 is 0 Å². The van der Waals surface area contributed by atoms with Crippen LogP contribution in [0.2, 0.25) is 0 Å². The largest absolute Gasteiger partial charge is 0.491 e. The van der Waals surface area contributed by atoms with Gasteiger partial charge in [-0.2, -0.15) is 0 Å². The fourth-order valence-corrected chi connectivity index (χ4v) is 1.69. The van der Waals surface area contributed by atoms with Gasteiger partial charge >= 0.3 is 5.97 Å². The van der Waals surface area contributed by atoms with Gasteiger partial charge in [-0.25, -0.2) is 0 Å². The van der Waals surface area contributed by atoms with Crippen molar-refractivity contribution < 1.29 is 19.4 Å². The van der Waals surface area contributed by atoms with Crippen LogP contribution in [-0.2, 0) is 16.0 Å². The van der Waals surface area contributed by atoms with Crippen molar-refractivity contribution in [3.63, 3.8) is 0 Å². The second kappa shape index (κ2) is 9.34. The quantitative estimate of drug-likeness (QED) is 0.683. The predicted molar refractivity (Wildman–Crippen MR) is 77.2 cm³/mol. The standard InChI is InChI=1S/C15H23NO4/c1-3-9-16-14(15(17)18)11-20-13-6-4-12(5-7-13)8-10-19-2/h4-7,14,16H,3,8-11H2,1-2H3,(H,17,18). The first-order valence-electron chi connectivity index (χ1n) is 6.84. The fourth-order valence-electron chi connectivity index (χ4n) is 1.69. The van der Waals surface area contributed by atoms with Crippen LogP contribution in [0.15, 0.2) is 24.3 Å². The number of ether oxygens (including phenoxy) is 2. The van der Waals surface area contributed by atoms with Gasteiger partial charge in [0.1, 0.15) is 18.4 Å². The molecule has 5 heteroatoms. The third kappa shape index (κ3) is 6.04. The third-order valence-electron chi connectivity index (χ3n) is 2.87. The minimum absolute atomic E-state index is 0.118. The van der Waals surface area contributed by atoms with Crippen LogP contribution in [0.5, 0.6) is 5.75 Å². The lowest BCUT2D eigenvalue weighted by Crippen LogP contribution is -2.41. The summed E-state index contributed by atoms with van der Waals surface area (Å²) in [4.78, 5) is 11.0. The van der Waals surface area contributed by atoms with Crippen molar-refractivity contribution in [3.05, 3.63) is 29.8 Å². The maximum Gasteiger partial charge on any atom is 0.324 e. The SMILES string of the molecule is CCCNC(COc1ccc(CCOC)cc1)C(=O)O. The Hall–Kier alpha value is -1.59. The minimum Gasteiger partial charge on any atom is -0.491 e. The highest BCUT2D eigenvalue weighted by Gasteiger charge is 2.16. The maximum absolute atomic E-state index is 11.0. The van der Waals surface area contributed by atoms with E-state index in [1.165, 1.54) is 0 Å². The van der Waals surface area contributed by atoms with E-state index < -0.39 is 12.0 Å². The number of carboxylic acid groups (broad SMARTS) is 1. The molecule has 112 valence electrons. The summed E-state index contributed by atoms with van der Waals surface area (Å²) in [5, 5.41) is 12.0. The Morgan fingerprint density at radius 2 is 2.05 bits per heavy atom. The summed E-state index contributed by atoms with van der Waals surface area (Å²) >= 11 is 0. The molecule has 0 saturated carbocycles. The van der Waals surface area contributed by atoms with Crippen LogP contribution < -0.4 is 10.1 Å². The Labute approximate surface area is 119 Å². The molecule has 0 saturated heterocycles. The van der Waals surface area contributed by atoms with Crippen molar-refractivity contribution in [3.8, 4) is 5.75 Å². The highest BCUT2D eigenvalue weighted by atomic mass is 16.5. The summed E-state index contributed by atoms with van der Waals surface area (Å²) < 4.78 is 10.5. The summed E-state index contributed by atoms with van der Waals surface area (Å²) in [5.74, 6) is -0.217. The molecule has 0 spiro atoms. The second-order valence-electron chi connectivity index (χ2n) is 4.54. The number of aliphatic carboxylic acids is 1. The number of carboxylic acids is 1. The van der Waals surface area contributed by atoms with Gasteiger partial charge in [-0.3, -0.25) is 4.79 Å². The lowest BCUT2D eigenvalue weighted by molar-refractivity contribution is -0.140. The molecule has 0 heterocycles. The smallest absolute Gasteiger partial charge is 0.324 e. The van der Waals surface area contributed by atoms with Gasteiger partial charge in [0.2, 0.25) is 0 Å². The van der Waals surface area contributed by atoms with E-state index in [2.05, 4.69) is 5.32 Å². The minimum atomic E-state index is -0.893. The molecule has 1 rings (SSSR count). The summed E-state index contributed by atoms with van der Waals surface area (Å²) in [6.45, 7) is 3.46. The normalized spacial score (nSPS) is 12.1. The highest BCUT2D eigenvalue weighted by molar-refractivity contribution is 5.73. The van der Waals surface area contributed by atoms with Gasteiger partial charge in [-0.1, -0.05) is 19.1 Å². The first-order valence-corrected chi connectivity index (χ1v) is 6.84. The molecule has 0 aromatic heterocycles. The molecule has 0 amide bonds. The Morgan fingerprint density at radius 3 is 2.60 bits per heavy atom. The van der Waals surface area contributed by atoms with Gasteiger partial charge < -0.3 is 19.9 Å². The first kappa shape index (κ1) is 16.5. The second-order valence-corrected chi connectivity index (χ2v) is 4.54. The Balaban J connectivity index is 2.44. The van der Waals surface area contributed by atoms with E-state index in [4.69, 9.17) is 14.6 Å². The van der Waals surface area contributed by atoms with E-state index in [0.717, 1.165) is 18.4 Å². The van der Waals surface area contributed by atoms with Crippen molar-refractivity contribution in [2.75, 3.05) is 26.9 Å². The molecule has 0 aliphatic carbocycles. The molecule has 20 heavy (non-hydrogen) atoms. The van der Waals surface area contributed by atoms with Crippen LogP contribution >= 0.6 is 0 Å². The average molecular weight is 281 g/mol. The number of methoxy groups -OCH3 is 1. The molecule has 0 radical (unpaired) electrons. The Bertz CT molecular complexity index is 391. The highest BCUT2D eigenvalue weighted by Crippen LogP contribution is 2.13. The Morgan fingerprint density at radius 1 is 1.35 bits per heavy atom. The molecule has 2 N–H and O–H groups in total. The Kier molecular flexibility index (Phi) is 7.69. The molecule has 1 aromatic rings. The van der Waals surface area contributed by atoms with Crippen LogP contribution in [0.3, 0.4) is 0 Å². The number of hydrogen-bond acceptors (Lipinski definition) is 4. The summed E-state index contributed by atoms with van der Waals surface area (Å²) in [6, 6.07) is 6.95. The number of carbonyl (C=O) groups is 1. The zero-order valence-electron chi connectivity index (χ0n) is 12.1. The van der Waals surface area contributed by atoms with Gasteiger partial charge in [0, 0.05) is 7.11 Å². The number of benzene rings is 1. The molecule has 1 aromatic carbocycles. The van der Waals surface area contributed by atoms with Crippen molar-refractivity contribution in [2.45, 2.75) is 25.8 Å². The van der Waals surface area contributed by atoms with E-state index in [1.807, 2.05) is 31.2 Å². The van der Waals surface area contributed by atoms with E-state index in [0.29, 0.717) is 18.9 Å². The number of rotatable bonds is 10.